The van der Waals surface area contributed by atoms with Crippen LogP contribution in [0, 0.1) is 10.3 Å². The molecule has 12 heavy (non-hydrogen) atoms. The highest BCUT2D eigenvalue weighted by molar-refractivity contribution is 8.21. The number of rotatable bonds is 3. The highest BCUT2D eigenvalue weighted by Gasteiger charge is 2.21. The third-order valence-corrected chi connectivity index (χ3v) is 3.49. The highest BCUT2D eigenvalue weighted by Crippen LogP contribution is 2.37. The first-order chi connectivity index (χ1) is 5.47. The molecule has 0 aromatic carbocycles. The molecule has 0 rings (SSSR count). The van der Waals surface area contributed by atoms with Gasteiger partial charge in [0.2, 0.25) is 0 Å². The van der Waals surface area contributed by atoms with E-state index in [-0.39, 0.29) is 5.41 Å². The van der Waals surface area contributed by atoms with E-state index in [0.717, 1.165) is 4.24 Å². The lowest BCUT2D eigenvalue weighted by molar-refractivity contribution is 0.498. The van der Waals surface area contributed by atoms with Crippen molar-refractivity contribution in [3.05, 3.63) is 14.8 Å². The van der Waals surface area contributed by atoms with Crippen molar-refractivity contribution in [2.75, 3.05) is 12.5 Å². The number of nitrogens with zero attached hydrogens (tertiary/aromatic N) is 1. The first kappa shape index (κ1) is 12.0. The summed E-state index contributed by atoms with van der Waals surface area (Å²) >= 11 is 3.16. The Morgan fingerprint density at radius 1 is 1.17 bits per heavy atom. The van der Waals surface area contributed by atoms with E-state index in [1.807, 2.05) is 33.3 Å². The Bertz CT molecular complexity index is 188. The van der Waals surface area contributed by atoms with Crippen LogP contribution in [0.4, 0.5) is 0 Å². The van der Waals surface area contributed by atoms with Gasteiger partial charge in [0.15, 0.2) is 0 Å². The fourth-order valence-electron chi connectivity index (χ4n) is 0.757. The monoisotopic (exact) mass is 205 g/mol. The van der Waals surface area contributed by atoms with Crippen molar-refractivity contribution >= 4 is 23.5 Å². The van der Waals surface area contributed by atoms with E-state index < -0.39 is 0 Å². The van der Waals surface area contributed by atoms with Crippen LogP contribution >= 0.6 is 23.5 Å². The van der Waals surface area contributed by atoms with Gasteiger partial charge in [0.05, 0.1) is 4.24 Å². The lowest BCUT2D eigenvalue weighted by Gasteiger charge is -2.18. The molecule has 0 radical (unpaired) electrons. The predicted molar refractivity (Wildman–Crippen MR) is 59.3 cm³/mol. The maximum atomic E-state index is 10.6. The second-order valence-corrected chi connectivity index (χ2v) is 5.28. The number of hydrogen-bond donors (Lipinski definition) is 0. The van der Waals surface area contributed by atoms with Gasteiger partial charge in [-0.2, -0.15) is 0 Å². The van der Waals surface area contributed by atoms with Crippen molar-refractivity contribution < 1.29 is 0 Å². The number of thioether (sulfide) groups is 2. The lowest BCUT2D eigenvalue weighted by Crippen LogP contribution is -2.08. The van der Waals surface area contributed by atoms with E-state index in [0.29, 0.717) is 5.70 Å². The second-order valence-electron chi connectivity index (χ2n) is 3.39. The summed E-state index contributed by atoms with van der Waals surface area (Å²) in [5.41, 5.74) is 0.505. The fourth-order valence-corrected chi connectivity index (χ4v) is 2.50. The molecule has 0 atom stereocenters. The van der Waals surface area contributed by atoms with E-state index in [4.69, 9.17) is 0 Å². The normalized spacial score (nSPS) is 11.1. The van der Waals surface area contributed by atoms with Crippen LogP contribution < -0.4 is 0 Å². The summed E-state index contributed by atoms with van der Waals surface area (Å²) < 4.78 is 1.01. The summed E-state index contributed by atoms with van der Waals surface area (Å²) in [7, 11) is 0. The first-order valence-corrected chi connectivity index (χ1v) is 6.08. The molecule has 4 heteroatoms. The van der Waals surface area contributed by atoms with Crippen molar-refractivity contribution in [1.82, 2.24) is 0 Å². The smallest absolute Gasteiger partial charge is 0.110 e. The van der Waals surface area contributed by atoms with E-state index in [1.165, 1.54) is 0 Å². The van der Waals surface area contributed by atoms with Crippen molar-refractivity contribution in [2.24, 2.45) is 10.6 Å². The largest absolute Gasteiger partial charge is 0.145 e. The van der Waals surface area contributed by atoms with Crippen molar-refractivity contribution in [2.45, 2.75) is 20.8 Å². The summed E-state index contributed by atoms with van der Waals surface area (Å²) in [4.78, 5) is 10.6. The Kier molecular flexibility index (Phi) is 4.94. The zero-order valence-electron chi connectivity index (χ0n) is 8.17. The molecule has 0 amide bonds. The Hall–Kier alpha value is 0.0400. The summed E-state index contributed by atoms with van der Waals surface area (Å²) in [6.45, 7) is 5.99. The Morgan fingerprint density at radius 2 is 1.58 bits per heavy atom. The fraction of sp³-hybridized carbons (Fsp3) is 0.750. The lowest BCUT2D eigenvalue weighted by atomic mass is 9.93. The van der Waals surface area contributed by atoms with Gasteiger partial charge in [-0.1, -0.05) is 20.8 Å². The topological polar surface area (TPSA) is 29.4 Å². The molecule has 0 N–H and O–H groups in total. The maximum Gasteiger partial charge on any atom is 0.110 e. The van der Waals surface area contributed by atoms with Gasteiger partial charge < -0.3 is 0 Å². The van der Waals surface area contributed by atoms with Crippen LogP contribution in [0.25, 0.3) is 0 Å². The Morgan fingerprint density at radius 3 is 1.67 bits per heavy atom. The Balaban J connectivity index is 4.95. The quantitative estimate of drug-likeness (QED) is 0.658. The number of allylic oxidation sites excluding steroid dienone is 1. The molecule has 0 saturated heterocycles. The summed E-state index contributed by atoms with van der Waals surface area (Å²) in [5, 5.41) is 3.09. The van der Waals surface area contributed by atoms with Crippen molar-refractivity contribution in [3.63, 3.8) is 0 Å². The predicted octanol–water partition coefficient (Wildman–Crippen LogP) is 3.69. The minimum absolute atomic E-state index is 0.150. The molecular formula is C8H15NOS2. The summed E-state index contributed by atoms with van der Waals surface area (Å²) in [6, 6.07) is 0. The minimum Gasteiger partial charge on any atom is -0.145 e. The third-order valence-electron chi connectivity index (χ3n) is 1.37. The SMILES string of the molecule is CSC(SC)=C(N=O)C(C)(C)C. The molecule has 70 valence electrons. The van der Waals surface area contributed by atoms with Gasteiger partial charge in [-0.25, -0.2) is 0 Å². The van der Waals surface area contributed by atoms with Crippen LogP contribution in [0.15, 0.2) is 15.1 Å². The van der Waals surface area contributed by atoms with Crippen molar-refractivity contribution in [3.8, 4) is 0 Å². The molecule has 0 saturated carbocycles. The summed E-state index contributed by atoms with van der Waals surface area (Å²) in [6.07, 6.45) is 3.92. The number of nitroso groups, excluding NO2 is 1. The molecule has 0 aliphatic carbocycles. The van der Waals surface area contributed by atoms with Gasteiger partial charge >= 0.3 is 0 Å². The van der Waals surface area contributed by atoms with Gasteiger partial charge in [-0.05, 0) is 17.7 Å². The van der Waals surface area contributed by atoms with Crippen LogP contribution in [0.2, 0.25) is 0 Å². The van der Waals surface area contributed by atoms with Gasteiger partial charge in [0.1, 0.15) is 5.70 Å². The minimum atomic E-state index is -0.150. The maximum absolute atomic E-state index is 10.6. The standard InChI is InChI=1S/C8H15NOS2/c1-8(2,3)6(9-10)7(11-4)12-5/h1-5H3. The molecular weight excluding hydrogens is 190 g/mol. The van der Waals surface area contributed by atoms with Gasteiger partial charge in [0.25, 0.3) is 0 Å². The van der Waals surface area contributed by atoms with Gasteiger partial charge in [0, 0.05) is 5.41 Å². The third kappa shape index (κ3) is 3.19. The molecule has 0 fully saturated rings. The molecule has 0 aliphatic heterocycles. The molecule has 0 aromatic heterocycles. The van der Waals surface area contributed by atoms with Crippen LogP contribution in [0.5, 0.6) is 0 Å². The van der Waals surface area contributed by atoms with Gasteiger partial charge in [-0.3, -0.25) is 0 Å². The Labute approximate surface area is 82.5 Å². The molecule has 0 aromatic rings. The summed E-state index contributed by atoms with van der Waals surface area (Å²) in [5.74, 6) is 0. The molecule has 0 aliphatic rings. The van der Waals surface area contributed by atoms with Crippen LogP contribution in [-0.2, 0) is 0 Å². The van der Waals surface area contributed by atoms with Crippen LogP contribution in [0.3, 0.4) is 0 Å². The average Bonchev–Trinajstić information content (AvgIpc) is 1.97. The average molecular weight is 205 g/mol. The van der Waals surface area contributed by atoms with E-state index in [1.54, 1.807) is 23.5 Å². The van der Waals surface area contributed by atoms with E-state index >= 15 is 0 Å². The van der Waals surface area contributed by atoms with Crippen molar-refractivity contribution in [1.29, 1.82) is 0 Å². The second kappa shape index (κ2) is 4.92. The first-order valence-electron chi connectivity index (χ1n) is 3.63. The van der Waals surface area contributed by atoms with Gasteiger partial charge in [-0.15, -0.1) is 28.4 Å². The van der Waals surface area contributed by atoms with E-state index in [2.05, 4.69) is 5.18 Å². The molecule has 0 unspecified atom stereocenters. The molecule has 0 spiro atoms. The zero-order valence-corrected chi connectivity index (χ0v) is 9.80. The zero-order chi connectivity index (χ0) is 9.78. The van der Waals surface area contributed by atoms with Crippen LogP contribution in [0.1, 0.15) is 20.8 Å². The van der Waals surface area contributed by atoms with E-state index in [9.17, 15) is 4.91 Å². The highest BCUT2D eigenvalue weighted by atomic mass is 32.2. The molecule has 2 nitrogen and oxygen atoms in total. The molecule has 0 heterocycles. The number of hydrogen-bond acceptors (Lipinski definition) is 4. The molecule has 0 bridgehead atoms. The van der Waals surface area contributed by atoms with Crippen LogP contribution in [-0.4, -0.2) is 12.5 Å².